The maximum atomic E-state index is 13.6. The zero-order valence-electron chi connectivity index (χ0n) is 13.9. The molecule has 0 bridgehead atoms. The highest BCUT2D eigenvalue weighted by atomic mass is 32.2. The Balaban J connectivity index is 1.89. The molecule has 0 aromatic heterocycles. The summed E-state index contributed by atoms with van der Waals surface area (Å²) >= 11 is 0. The highest BCUT2D eigenvalue weighted by Crippen LogP contribution is 2.13. The number of halogens is 1. The van der Waals surface area contributed by atoms with E-state index in [4.69, 9.17) is 4.74 Å². The van der Waals surface area contributed by atoms with Gasteiger partial charge in [-0.2, -0.15) is 0 Å². The van der Waals surface area contributed by atoms with Crippen LogP contribution in [-0.2, 0) is 22.9 Å². The van der Waals surface area contributed by atoms with Gasteiger partial charge in [0.2, 0.25) is 10.0 Å². The number of aryl methyl sites for hydroxylation is 1. The van der Waals surface area contributed by atoms with Crippen molar-refractivity contribution in [1.29, 1.82) is 0 Å². The third-order valence-electron chi connectivity index (χ3n) is 3.94. The van der Waals surface area contributed by atoms with E-state index in [1.165, 1.54) is 10.4 Å². The maximum Gasteiger partial charge on any atom is 0.214 e. The van der Waals surface area contributed by atoms with Gasteiger partial charge >= 0.3 is 0 Å². The Morgan fingerprint density at radius 2 is 1.71 bits per heavy atom. The van der Waals surface area contributed by atoms with E-state index in [0.717, 1.165) is 11.3 Å². The van der Waals surface area contributed by atoms with Crippen molar-refractivity contribution in [2.24, 2.45) is 0 Å². The van der Waals surface area contributed by atoms with Gasteiger partial charge < -0.3 is 4.74 Å². The predicted molar refractivity (Wildman–Crippen MR) is 93.2 cm³/mol. The molecular weight excluding hydrogens is 329 g/mol. The molecule has 0 saturated heterocycles. The van der Waals surface area contributed by atoms with Crippen molar-refractivity contribution in [3.05, 3.63) is 65.5 Å². The molecule has 4 nitrogen and oxygen atoms in total. The molecule has 130 valence electrons. The number of benzene rings is 2. The van der Waals surface area contributed by atoms with Crippen LogP contribution < -0.4 is 4.74 Å². The van der Waals surface area contributed by atoms with Gasteiger partial charge in [-0.05, 0) is 42.2 Å². The zero-order chi connectivity index (χ0) is 17.6. The second kappa shape index (κ2) is 8.26. The summed E-state index contributed by atoms with van der Waals surface area (Å²) < 4.78 is 44.6. The predicted octanol–water partition coefficient (Wildman–Crippen LogP) is 2.88. The average Bonchev–Trinajstić information content (AvgIpc) is 2.59. The third kappa shape index (κ3) is 5.04. The summed E-state index contributed by atoms with van der Waals surface area (Å²) in [4.78, 5) is 0. The Kier molecular flexibility index (Phi) is 6.34. The zero-order valence-corrected chi connectivity index (χ0v) is 14.7. The summed E-state index contributed by atoms with van der Waals surface area (Å²) in [6.07, 6.45) is 0.779. The van der Waals surface area contributed by atoms with Crippen molar-refractivity contribution >= 4 is 10.0 Å². The van der Waals surface area contributed by atoms with Gasteiger partial charge in [-0.1, -0.05) is 30.3 Å². The van der Waals surface area contributed by atoms with Crippen molar-refractivity contribution in [3.8, 4) is 5.75 Å². The molecule has 0 spiro atoms. The quantitative estimate of drug-likeness (QED) is 0.735. The normalized spacial score (nSPS) is 11.7. The van der Waals surface area contributed by atoms with E-state index in [9.17, 15) is 12.8 Å². The Morgan fingerprint density at radius 3 is 2.33 bits per heavy atom. The molecule has 0 amide bonds. The Bertz CT molecular complexity index is 760. The highest BCUT2D eigenvalue weighted by molar-refractivity contribution is 7.89. The molecular formula is C18H22FNO3S. The first-order valence-corrected chi connectivity index (χ1v) is 9.33. The minimum Gasteiger partial charge on any atom is -0.497 e. The fourth-order valence-electron chi connectivity index (χ4n) is 2.31. The number of hydrogen-bond donors (Lipinski definition) is 0. The molecule has 0 fully saturated rings. The molecule has 2 rings (SSSR count). The lowest BCUT2D eigenvalue weighted by atomic mass is 10.1. The van der Waals surface area contributed by atoms with Gasteiger partial charge in [-0.15, -0.1) is 0 Å². The van der Waals surface area contributed by atoms with Crippen LogP contribution in [0, 0.1) is 5.82 Å². The van der Waals surface area contributed by atoms with Gasteiger partial charge in [0.05, 0.1) is 12.9 Å². The minimum atomic E-state index is -3.42. The minimum absolute atomic E-state index is 0.104. The van der Waals surface area contributed by atoms with Crippen LogP contribution in [0.5, 0.6) is 5.75 Å². The fourth-order valence-corrected chi connectivity index (χ4v) is 3.47. The largest absolute Gasteiger partial charge is 0.497 e. The van der Waals surface area contributed by atoms with Gasteiger partial charge in [-0.3, -0.25) is 0 Å². The summed E-state index contributed by atoms with van der Waals surface area (Å²) in [5, 5.41) is 0. The maximum absolute atomic E-state index is 13.6. The number of hydrogen-bond acceptors (Lipinski definition) is 3. The molecule has 0 radical (unpaired) electrons. The van der Waals surface area contributed by atoms with Crippen LogP contribution in [0.1, 0.15) is 11.1 Å². The van der Waals surface area contributed by atoms with Crippen LogP contribution in [0.25, 0.3) is 0 Å². The van der Waals surface area contributed by atoms with Crippen LogP contribution in [-0.4, -0.2) is 39.2 Å². The standard InChI is InChI=1S/C18H22FNO3S/c1-20(13-11-15-7-9-17(23-2)10-8-15)24(21,22)14-12-16-5-3-4-6-18(16)19/h3-10H,11-14H2,1-2H3. The van der Waals surface area contributed by atoms with E-state index in [2.05, 4.69) is 0 Å². The van der Waals surface area contributed by atoms with Crippen molar-refractivity contribution in [1.82, 2.24) is 4.31 Å². The monoisotopic (exact) mass is 351 g/mol. The summed E-state index contributed by atoms with van der Waals surface area (Å²) in [6.45, 7) is 0.381. The summed E-state index contributed by atoms with van der Waals surface area (Å²) in [5.74, 6) is 0.297. The van der Waals surface area contributed by atoms with Crippen molar-refractivity contribution in [2.45, 2.75) is 12.8 Å². The van der Waals surface area contributed by atoms with Gasteiger partial charge in [0.15, 0.2) is 0 Å². The average molecular weight is 351 g/mol. The van der Waals surface area contributed by atoms with Gasteiger partial charge in [0.25, 0.3) is 0 Å². The van der Waals surface area contributed by atoms with Crippen molar-refractivity contribution < 1.29 is 17.5 Å². The van der Waals surface area contributed by atoms with Gasteiger partial charge in [-0.25, -0.2) is 17.1 Å². The number of methoxy groups -OCH3 is 1. The molecule has 0 aliphatic carbocycles. The lowest BCUT2D eigenvalue weighted by Gasteiger charge is -2.17. The van der Waals surface area contributed by atoms with Crippen LogP contribution in [0.2, 0.25) is 0 Å². The van der Waals surface area contributed by atoms with Gasteiger partial charge in [0.1, 0.15) is 11.6 Å². The topological polar surface area (TPSA) is 46.6 Å². The Hall–Kier alpha value is -1.92. The third-order valence-corrected chi connectivity index (χ3v) is 5.79. The van der Waals surface area contributed by atoms with Crippen LogP contribution in [0.15, 0.2) is 48.5 Å². The summed E-state index contributed by atoms with van der Waals surface area (Å²) in [6, 6.07) is 13.8. The first-order chi connectivity index (χ1) is 11.4. The number of sulfonamides is 1. The molecule has 0 atom stereocenters. The molecule has 0 heterocycles. The number of ether oxygens (including phenoxy) is 1. The molecule has 2 aromatic carbocycles. The lowest BCUT2D eigenvalue weighted by molar-refractivity contribution is 0.414. The number of nitrogens with zero attached hydrogens (tertiary/aromatic N) is 1. The first-order valence-electron chi connectivity index (χ1n) is 7.73. The van der Waals surface area contributed by atoms with E-state index >= 15 is 0 Å². The lowest BCUT2D eigenvalue weighted by Crippen LogP contribution is -2.31. The second-order valence-corrected chi connectivity index (χ2v) is 7.77. The molecule has 0 unspecified atom stereocenters. The molecule has 2 aromatic rings. The molecule has 0 saturated carbocycles. The number of likely N-dealkylation sites (N-methyl/N-ethyl adjacent to an activating group) is 1. The van der Waals surface area contributed by atoms with Crippen LogP contribution in [0.4, 0.5) is 4.39 Å². The molecule has 0 aliphatic heterocycles. The Morgan fingerprint density at radius 1 is 1.04 bits per heavy atom. The van der Waals surface area contributed by atoms with E-state index in [-0.39, 0.29) is 18.0 Å². The molecule has 24 heavy (non-hydrogen) atoms. The fraction of sp³-hybridized carbons (Fsp3) is 0.333. The number of rotatable bonds is 8. The Labute approximate surface area is 142 Å². The molecule has 0 aliphatic rings. The first kappa shape index (κ1) is 18.4. The molecule has 0 N–H and O–H groups in total. The molecule has 6 heteroatoms. The van der Waals surface area contributed by atoms with E-state index < -0.39 is 10.0 Å². The van der Waals surface area contributed by atoms with E-state index in [0.29, 0.717) is 18.5 Å². The van der Waals surface area contributed by atoms with Crippen molar-refractivity contribution in [2.75, 3.05) is 26.5 Å². The van der Waals surface area contributed by atoms with Gasteiger partial charge in [0, 0.05) is 13.6 Å². The van der Waals surface area contributed by atoms with Crippen molar-refractivity contribution in [3.63, 3.8) is 0 Å². The summed E-state index contributed by atoms with van der Waals surface area (Å²) in [5.41, 5.74) is 1.46. The van der Waals surface area contributed by atoms with E-state index in [1.54, 1.807) is 32.4 Å². The summed E-state index contributed by atoms with van der Waals surface area (Å²) in [7, 11) is -0.258. The highest BCUT2D eigenvalue weighted by Gasteiger charge is 2.18. The van der Waals surface area contributed by atoms with E-state index in [1.807, 2.05) is 24.3 Å². The second-order valence-electron chi connectivity index (χ2n) is 5.58. The smallest absolute Gasteiger partial charge is 0.214 e. The SMILES string of the molecule is COc1ccc(CCN(C)S(=O)(=O)CCc2ccccc2F)cc1. The van der Waals surface area contributed by atoms with Crippen LogP contribution >= 0.6 is 0 Å². The van der Waals surface area contributed by atoms with Crippen LogP contribution in [0.3, 0.4) is 0 Å².